The van der Waals surface area contributed by atoms with E-state index in [9.17, 15) is 22.8 Å². The fourth-order valence-electron chi connectivity index (χ4n) is 2.38. The summed E-state index contributed by atoms with van der Waals surface area (Å²) in [5.74, 6) is -1.20. The summed E-state index contributed by atoms with van der Waals surface area (Å²) in [4.78, 5) is 24.4. The third-order valence-corrected chi connectivity index (χ3v) is 3.70. The molecule has 2 aromatic carbocycles. The van der Waals surface area contributed by atoms with Crippen molar-refractivity contribution in [2.45, 2.75) is 39.1 Å². The van der Waals surface area contributed by atoms with E-state index in [0.29, 0.717) is 0 Å². The SMILES string of the molecule is CC(C)NC(=O)C(C)OC(=O)c1ccccc1Nc1cccc(C(F)(F)F)c1. The van der Waals surface area contributed by atoms with Gasteiger partial charge in [-0.2, -0.15) is 13.2 Å². The standard InChI is InChI=1S/C20H21F3N2O3/c1-12(2)24-18(26)13(3)28-19(27)16-9-4-5-10-17(16)25-15-8-6-7-14(11-15)20(21,22)23/h4-13,25H,1-3H3,(H,24,26). The first-order chi connectivity index (χ1) is 13.1. The van der Waals surface area contributed by atoms with Crippen molar-refractivity contribution in [3.63, 3.8) is 0 Å². The molecule has 0 saturated heterocycles. The Kier molecular flexibility index (Phi) is 6.66. The van der Waals surface area contributed by atoms with Crippen molar-refractivity contribution in [3.8, 4) is 0 Å². The van der Waals surface area contributed by atoms with Crippen LogP contribution < -0.4 is 10.6 Å². The summed E-state index contributed by atoms with van der Waals surface area (Å²) in [6, 6.07) is 10.7. The van der Waals surface area contributed by atoms with Crippen LogP contribution in [0.15, 0.2) is 48.5 Å². The first-order valence-corrected chi connectivity index (χ1v) is 8.62. The Hall–Kier alpha value is -3.03. The Bertz CT molecular complexity index is 851. The van der Waals surface area contributed by atoms with E-state index in [2.05, 4.69) is 10.6 Å². The Morgan fingerprint density at radius 3 is 2.32 bits per heavy atom. The van der Waals surface area contributed by atoms with Crippen LogP contribution in [-0.2, 0) is 15.7 Å². The van der Waals surface area contributed by atoms with Gasteiger partial charge in [-0.05, 0) is 51.1 Å². The third kappa shape index (κ3) is 5.73. The van der Waals surface area contributed by atoms with Crippen molar-refractivity contribution in [1.29, 1.82) is 0 Å². The van der Waals surface area contributed by atoms with Crippen molar-refractivity contribution in [3.05, 3.63) is 59.7 Å². The molecule has 5 nitrogen and oxygen atoms in total. The van der Waals surface area contributed by atoms with E-state index in [4.69, 9.17) is 4.74 Å². The summed E-state index contributed by atoms with van der Waals surface area (Å²) in [5, 5.41) is 5.44. The molecule has 0 aliphatic rings. The predicted octanol–water partition coefficient (Wildman–Crippen LogP) is 4.52. The van der Waals surface area contributed by atoms with Gasteiger partial charge in [0.25, 0.3) is 5.91 Å². The average Bonchev–Trinajstić information content (AvgIpc) is 2.61. The molecule has 2 N–H and O–H groups in total. The number of anilines is 2. The van der Waals surface area contributed by atoms with Gasteiger partial charge in [0, 0.05) is 11.7 Å². The van der Waals surface area contributed by atoms with Crippen molar-refractivity contribution in [2.24, 2.45) is 0 Å². The molecule has 1 atom stereocenters. The molecular weight excluding hydrogens is 373 g/mol. The van der Waals surface area contributed by atoms with E-state index in [-0.39, 0.29) is 23.0 Å². The quantitative estimate of drug-likeness (QED) is 0.707. The summed E-state index contributed by atoms with van der Waals surface area (Å²) in [6.07, 6.45) is -5.49. The van der Waals surface area contributed by atoms with Crippen LogP contribution in [0.2, 0.25) is 0 Å². The van der Waals surface area contributed by atoms with Crippen LogP contribution in [0.5, 0.6) is 0 Å². The highest BCUT2D eigenvalue weighted by Gasteiger charge is 2.30. The van der Waals surface area contributed by atoms with Gasteiger partial charge in [-0.3, -0.25) is 4.79 Å². The maximum absolute atomic E-state index is 12.9. The molecule has 0 saturated carbocycles. The van der Waals surface area contributed by atoms with Crippen LogP contribution in [0.25, 0.3) is 0 Å². The monoisotopic (exact) mass is 394 g/mol. The lowest BCUT2D eigenvalue weighted by Crippen LogP contribution is -2.39. The molecule has 8 heteroatoms. The number of para-hydroxylation sites is 1. The zero-order chi connectivity index (χ0) is 20.9. The third-order valence-electron chi connectivity index (χ3n) is 3.70. The number of esters is 1. The first kappa shape index (κ1) is 21.3. The van der Waals surface area contributed by atoms with E-state index < -0.39 is 29.7 Å². The van der Waals surface area contributed by atoms with E-state index in [0.717, 1.165) is 12.1 Å². The molecule has 1 amide bonds. The highest BCUT2D eigenvalue weighted by Crippen LogP contribution is 2.32. The number of hydrogen-bond donors (Lipinski definition) is 2. The molecule has 0 aliphatic heterocycles. The summed E-state index contributed by atoms with van der Waals surface area (Å²) in [6.45, 7) is 5.00. The van der Waals surface area contributed by atoms with Crippen LogP contribution in [0, 0.1) is 0 Å². The molecule has 0 aromatic heterocycles. The minimum absolute atomic E-state index is 0.101. The van der Waals surface area contributed by atoms with E-state index in [1.165, 1.54) is 31.2 Å². The van der Waals surface area contributed by atoms with Crippen molar-refractivity contribution in [1.82, 2.24) is 5.32 Å². The highest BCUT2D eigenvalue weighted by molar-refractivity contribution is 5.98. The number of carbonyl (C=O) groups is 2. The van der Waals surface area contributed by atoms with Crippen molar-refractivity contribution >= 4 is 23.3 Å². The fraction of sp³-hybridized carbons (Fsp3) is 0.300. The van der Waals surface area contributed by atoms with Crippen LogP contribution in [-0.4, -0.2) is 24.0 Å². The number of hydrogen-bond acceptors (Lipinski definition) is 4. The zero-order valence-electron chi connectivity index (χ0n) is 15.6. The van der Waals surface area contributed by atoms with Gasteiger partial charge in [0.1, 0.15) is 0 Å². The largest absolute Gasteiger partial charge is 0.449 e. The minimum atomic E-state index is -4.48. The van der Waals surface area contributed by atoms with Gasteiger partial charge in [-0.15, -0.1) is 0 Å². The number of carbonyl (C=O) groups excluding carboxylic acids is 2. The molecule has 0 heterocycles. The number of halogens is 3. The second-order valence-electron chi connectivity index (χ2n) is 6.46. The molecular formula is C20H21F3N2O3. The molecule has 150 valence electrons. The van der Waals surface area contributed by atoms with Crippen LogP contribution in [0.4, 0.5) is 24.5 Å². The Balaban J connectivity index is 2.19. The maximum atomic E-state index is 12.9. The Morgan fingerprint density at radius 1 is 1.00 bits per heavy atom. The van der Waals surface area contributed by atoms with E-state index in [1.807, 2.05) is 0 Å². The van der Waals surface area contributed by atoms with Crippen LogP contribution >= 0.6 is 0 Å². The normalized spacial score (nSPS) is 12.4. The number of ether oxygens (including phenoxy) is 1. The summed E-state index contributed by atoms with van der Waals surface area (Å²) < 4.78 is 43.8. The number of alkyl halides is 3. The number of benzene rings is 2. The van der Waals surface area contributed by atoms with Gasteiger partial charge in [-0.25, -0.2) is 4.79 Å². The van der Waals surface area contributed by atoms with Gasteiger partial charge in [0.15, 0.2) is 6.10 Å². The molecule has 1 unspecified atom stereocenters. The average molecular weight is 394 g/mol. The lowest BCUT2D eigenvalue weighted by atomic mass is 10.1. The van der Waals surface area contributed by atoms with Gasteiger partial charge < -0.3 is 15.4 Å². The molecule has 0 bridgehead atoms. The minimum Gasteiger partial charge on any atom is -0.449 e. The lowest BCUT2D eigenvalue weighted by Gasteiger charge is -2.17. The molecule has 0 spiro atoms. The molecule has 0 fully saturated rings. The first-order valence-electron chi connectivity index (χ1n) is 8.62. The van der Waals surface area contributed by atoms with Crippen molar-refractivity contribution < 1.29 is 27.5 Å². The van der Waals surface area contributed by atoms with Gasteiger partial charge in [-0.1, -0.05) is 18.2 Å². The number of nitrogens with one attached hydrogen (secondary N) is 2. The van der Waals surface area contributed by atoms with Crippen LogP contribution in [0.3, 0.4) is 0 Å². The predicted molar refractivity (Wildman–Crippen MR) is 99.3 cm³/mol. The maximum Gasteiger partial charge on any atom is 0.416 e. The van der Waals surface area contributed by atoms with Gasteiger partial charge >= 0.3 is 12.1 Å². The summed E-state index contributed by atoms with van der Waals surface area (Å²) in [5.41, 5.74) is -0.274. The van der Waals surface area contributed by atoms with Gasteiger partial charge in [0.05, 0.1) is 16.8 Å². The van der Waals surface area contributed by atoms with E-state index >= 15 is 0 Å². The van der Waals surface area contributed by atoms with Crippen molar-refractivity contribution in [2.75, 3.05) is 5.32 Å². The second kappa shape index (κ2) is 8.77. The fourth-order valence-corrected chi connectivity index (χ4v) is 2.38. The second-order valence-corrected chi connectivity index (χ2v) is 6.46. The zero-order valence-corrected chi connectivity index (χ0v) is 15.6. The molecule has 28 heavy (non-hydrogen) atoms. The highest BCUT2D eigenvalue weighted by atomic mass is 19.4. The summed E-state index contributed by atoms with van der Waals surface area (Å²) >= 11 is 0. The smallest absolute Gasteiger partial charge is 0.416 e. The van der Waals surface area contributed by atoms with Crippen LogP contribution in [0.1, 0.15) is 36.7 Å². The number of rotatable bonds is 6. The number of amides is 1. The molecule has 2 rings (SSSR count). The molecule has 2 aromatic rings. The Labute approximate surface area is 160 Å². The van der Waals surface area contributed by atoms with Gasteiger partial charge in [0.2, 0.25) is 0 Å². The Morgan fingerprint density at radius 2 is 1.68 bits per heavy atom. The summed E-state index contributed by atoms with van der Waals surface area (Å²) in [7, 11) is 0. The van der Waals surface area contributed by atoms with E-state index in [1.54, 1.807) is 26.0 Å². The molecule has 0 radical (unpaired) electrons. The molecule has 0 aliphatic carbocycles. The topological polar surface area (TPSA) is 67.4 Å². The lowest BCUT2D eigenvalue weighted by molar-refractivity contribution is -0.137.